The molecule has 0 spiro atoms. The highest BCUT2D eigenvalue weighted by atomic mass is 14.9. The fourth-order valence-corrected chi connectivity index (χ4v) is 2.30. The van der Waals surface area contributed by atoms with Gasteiger partial charge in [0.2, 0.25) is 0 Å². The van der Waals surface area contributed by atoms with Crippen LogP contribution < -0.4 is 5.32 Å². The van der Waals surface area contributed by atoms with Crippen molar-refractivity contribution in [3.63, 3.8) is 0 Å². The normalized spacial score (nSPS) is 12.9. The maximum Gasteiger partial charge on any atom is 0.0291 e. The van der Waals surface area contributed by atoms with Gasteiger partial charge >= 0.3 is 0 Å². The molecule has 0 saturated carbocycles. The summed E-state index contributed by atoms with van der Waals surface area (Å²) in [6.45, 7) is 10.2. The van der Waals surface area contributed by atoms with E-state index in [1.54, 1.807) is 0 Å². The Labute approximate surface area is 113 Å². The summed E-state index contributed by atoms with van der Waals surface area (Å²) >= 11 is 0. The number of nitrogens with one attached hydrogen (secondary N) is 1. The van der Waals surface area contributed by atoms with Gasteiger partial charge in [0, 0.05) is 6.04 Å². The van der Waals surface area contributed by atoms with Crippen LogP contribution in [-0.4, -0.2) is 6.54 Å². The number of rotatable bonds is 8. The van der Waals surface area contributed by atoms with Crippen LogP contribution in [0.3, 0.4) is 0 Å². The molecule has 0 heterocycles. The summed E-state index contributed by atoms with van der Waals surface area (Å²) in [6.07, 6.45) is 4.95. The second kappa shape index (κ2) is 8.31. The molecule has 1 aromatic rings. The summed E-state index contributed by atoms with van der Waals surface area (Å²) < 4.78 is 0. The molecule has 0 bridgehead atoms. The second-order valence-electron chi connectivity index (χ2n) is 5.30. The average molecular weight is 247 g/mol. The topological polar surface area (TPSA) is 12.0 Å². The summed E-state index contributed by atoms with van der Waals surface area (Å²) in [5.41, 5.74) is 2.86. The Hall–Kier alpha value is -0.820. The minimum absolute atomic E-state index is 0.460. The Kier molecular flexibility index (Phi) is 7.04. The fraction of sp³-hybridized carbons (Fsp3) is 0.647. The second-order valence-corrected chi connectivity index (χ2v) is 5.30. The van der Waals surface area contributed by atoms with Gasteiger partial charge in [-0.1, -0.05) is 64.3 Å². The summed E-state index contributed by atoms with van der Waals surface area (Å²) in [6, 6.07) is 9.55. The number of hydrogen-bond donors (Lipinski definition) is 1. The summed E-state index contributed by atoms with van der Waals surface area (Å²) in [7, 11) is 0. The number of aryl methyl sites for hydroxylation is 1. The van der Waals surface area contributed by atoms with Crippen LogP contribution in [0.1, 0.15) is 64.1 Å². The largest absolute Gasteiger partial charge is 0.310 e. The van der Waals surface area contributed by atoms with Crippen LogP contribution in [0.2, 0.25) is 0 Å². The van der Waals surface area contributed by atoms with Crippen LogP contribution in [0.15, 0.2) is 24.3 Å². The highest BCUT2D eigenvalue weighted by molar-refractivity contribution is 5.24. The minimum Gasteiger partial charge on any atom is -0.310 e. The first-order valence-electron chi connectivity index (χ1n) is 7.53. The van der Waals surface area contributed by atoms with E-state index in [4.69, 9.17) is 0 Å². The Balaban J connectivity index is 2.48. The Bertz CT molecular complexity index is 311. The van der Waals surface area contributed by atoms with E-state index in [1.165, 1.54) is 36.8 Å². The monoisotopic (exact) mass is 247 g/mol. The predicted octanol–water partition coefficient (Wildman–Crippen LogP) is 4.73. The van der Waals surface area contributed by atoms with Crippen LogP contribution >= 0.6 is 0 Å². The fourth-order valence-electron chi connectivity index (χ4n) is 2.30. The third kappa shape index (κ3) is 4.81. The van der Waals surface area contributed by atoms with E-state index in [0.717, 1.165) is 12.5 Å². The summed E-state index contributed by atoms with van der Waals surface area (Å²) in [5.74, 6) is 0.812. The van der Waals surface area contributed by atoms with E-state index in [9.17, 15) is 0 Å². The molecular weight excluding hydrogens is 218 g/mol. The van der Waals surface area contributed by atoms with Gasteiger partial charge in [-0.25, -0.2) is 0 Å². The van der Waals surface area contributed by atoms with Gasteiger partial charge in [-0.05, 0) is 36.9 Å². The van der Waals surface area contributed by atoms with Crippen molar-refractivity contribution in [2.24, 2.45) is 5.92 Å². The third-order valence-electron chi connectivity index (χ3n) is 3.89. The molecule has 0 aromatic heterocycles. The molecule has 0 aliphatic heterocycles. The summed E-state index contributed by atoms with van der Waals surface area (Å²) in [4.78, 5) is 0. The van der Waals surface area contributed by atoms with E-state index < -0.39 is 0 Å². The zero-order valence-electron chi connectivity index (χ0n) is 12.5. The first-order chi connectivity index (χ1) is 8.71. The van der Waals surface area contributed by atoms with Crippen molar-refractivity contribution < 1.29 is 0 Å². The molecule has 1 rings (SSSR count). The van der Waals surface area contributed by atoms with Gasteiger partial charge in [0.15, 0.2) is 0 Å². The van der Waals surface area contributed by atoms with Crippen molar-refractivity contribution in [3.8, 4) is 0 Å². The van der Waals surface area contributed by atoms with Gasteiger partial charge < -0.3 is 5.32 Å². The van der Waals surface area contributed by atoms with Crippen LogP contribution in [0.5, 0.6) is 0 Å². The van der Waals surface area contributed by atoms with Crippen LogP contribution in [0.25, 0.3) is 0 Å². The standard InChI is InChI=1S/C17H29N/c1-5-8-16-9-11-17(12-10-16)14(4)18-13-15(6-2)7-3/h9-12,14-15,18H,5-8,13H2,1-4H3. The zero-order chi connectivity index (χ0) is 13.4. The van der Waals surface area contributed by atoms with Crippen molar-refractivity contribution in [1.82, 2.24) is 5.32 Å². The molecule has 1 nitrogen and oxygen atoms in total. The smallest absolute Gasteiger partial charge is 0.0291 e. The van der Waals surface area contributed by atoms with Crippen molar-refractivity contribution in [2.45, 2.75) is 59.4 Å². The average Bonchev–Trinajstić information content (AvgIpc) is 2.41. The lowest BCUT2D eigenvalue weighted by Crippen LogP contribution is -2.25. The van der Waals surface area contributed by atoms with E-state index in [1.807, 2.05) is 0 Å². The Morgan fingerprint density at radius 3 is 2.11 bits per heavy atom. The zero-order valence-corrected chi connectivity index (χ0v) is 12.5. The van der Waals surface area contributed by atoms with Gasteiger partial charge in [-0.2, -0.15) is 0 Å². The molecular formula is C17H29N. The van der Waals surface area contributed by atoms with Crippen molar-refractivity contribution in [2.75, 3.05) is 6.54 Å². The molecule has 0 aliphatic rings. The SMILES string of the molecule is CCCc1ccc(C(C)NCC(CC)CC)cc1. The first-order valence-corrected chi connectivity index (χ1v) is 7.53. The van der Waals surface area contributed by atoms with Gasteiger partial charge in [0.1, 0.15) is 0 Å². The molecule has 102 valence electrons. The lowest BCUT2D eigenvalue weighted by Gasteiger charge is -2.19. The van der Waals surface area contributed by atoms with E-state index >= 15 is 0 Å². The quantitative estimate of drug-likeness (QED) is 0.700. The molecule has 0 aliphatic carbocycles. The summed E-state index contributed by atoms with van der Waals surface area (Å²) in [5, 5.41) is 3.65. The van der Waals surface area contributed by atoms with E-state index in [0.29, 0.717) is 6.04 Å². The highest BCUT2D eigenvalue weighted by Gasteiger charge is 2.08. The maximum atomic E-state index is 3.65. The molecule has 0 amide bonds. The van der Waals surface area contributed by atoms with Crippen LogP contribution in [-0.2, 0) is 6.42 Å². The van der Waals surface area contributed by atoms with E-state index in [2.05, 4.69) is 57.3 Å². The molecule has 18 heavy (non-hydrogen) atoms. The molecule has 1 N–H and O–H groups in total. The Morgan fingerprint density at radius 1 is 1.00 bits per heavy atom. The molecule has 0 fully saturated rings. The molecule has 1 aromatic carbocycles. The van der Waals surface area contributed by atoms with Crippen LogP contribution in [0, 0.1) is 5.92 Å². The lowest BCUT2D eigenvalue weighted by atomic mass is 10.0. The number of hydrogen-bond acceptors (Lipinski definition) is 1. The molecule has 1 atom stereocenters. The van der Waals surface area contributed by atoms with Gasteiger partial charge in [0.05, 0.1) is 0 Å². The third-order valence-corrected chi connectivity index (χ3v) is 3.89. The maximum absolute atomic E-state index is 3.65. The van der Waals surface area contributed by atoms with Gasteiger partial charge in [-0.3, -0.25) is 0 Å². The van der Waals surface area contributed by atoms with Crippen molar-refractivity contribution in [3.05, 3.63) is 35.4 Å². The van der Waals surface area contributed by atoms with Crippen molar-refractivity contribution >= 4 is 0 Å². The molecule has 1 heteroatoms. The lowest BCUT2D eigenvalue weighted by molar-refractivity contribution is 0.422. The minimum atomic E-state index is 0.460. The van der Waals surface area contributed by atoms with E-state index in [-0.39, 0.29) is 0 Å². The molecule has 0 radical (unpaired) electrons. The van der Waals surface area contributed by atoms with Crippen molar-refractivity contribution in [1.29, 1.82) is 0 Å². The Morgan fingerprint density at radius 2 is 1.61 bits per heavy atom. The highest BCUT2D eigenvalue weighted by Crippen LogP contribution is 2.15. The van der Waals surface area contributed by atoms with Gasteiger partial charge in [-0.15, -0.1) is 0 Å². The number of benzene rings is 1. The van der Waals surface area contributed by atoms with Crippen LogP contribution in [0.4, 0.5) is 0 Å². The van der Waals surface area contributed by atoms with Gasteiger partial charge in [0.25, 0.3) is 0 Å². The predicted molar refractivity (Wildman–Crippen MR) is 80.9 cm³/mol. The molecule has 0 saturated heterocycles. The molecule has 1 unspecified atom stereocenters. The first kappa shape index (κ1) is 15.2.